The Morgan fingerprint density at radius 2 is 1.94 bits per heavy atom. The lowest BCUT2D eigenvalue weighted by molar-refractivity contribution is -0.275. The zero-order valence-electron chi connectivity index (χ0n) is 15.9. The quantitative estimate of drug-likeness (QED) is 0.474. The summed E-state index contributed by atoms with van der Waals surface area (Å²) in [5, 5.41) is 15.9. The van der Waals surface area contributed by atoms with Gasteiger partial charge in [0.2, 0.25) is 0 Å². The van der Waals surface area contributed by atoms with Gasteiger partial charge in [0.1, 0.15) is 12.4 Å². The Morgan fingerprint density at radius 1 is 1.23 bits per heavy atom. The average molecular weight is 468 g/mol. The molecule has 0 aliphatic carbocycles. The first-order valence-corrected chi connectivity index (χ1v) is 9.50. The third-order valence-electron chi connectivity index (χ3n) is 4.43. The summed E-state index contributed by atoms with van der Waals surface area (Å²) in [5.74, 6) is 0. The molecule has 1 unspecified atom stereocenters. The van der Waals surface area contributed by atoms with Gasteiger partial charge in [0, 0.05) is 34.6 Å². The van der Waals surface area contributed by atoms with Crippen molar-refractivity contribution in [2.75, 3.05) is 7.05 Å². The second-order valence-electron chi connectivity index (χ2n) is 6.44. The molecule has 0 radical (unpaired) electrons. The van der Waals surface area contributed by atoms with Crippen LogP contribution in [0.3, 0.4) is 0 Å². The van der Waals surface area contributed by atoms with Gasteiger partial charge in [-0.2, -0.15) is 18.4 Å². The average Bonchev–Trinajstić information content (AvgIpc) is 3.17. The molecule has 1 aliphatic heterocycles. The molecule has 2 aromatic rings. The largest absolute Gasteiger partial charge is 0.435 e. The van der Waals surface area contributed by atoms with E-state index >= 15 is 0 Å². The zero-order chi connectivity index (χ0) is 22.6. The molecule has 11 heteroatoms. The maximum absolute atomic E-state index is 14.1. The Labute approximate surface area is 185 Å². The third-order valence-corrected chi connectivity index (χ3v) is 4.87. The summed E-state index contributed by atoms with van der Waals surface area (Å²) in [6.45, 7) is 0. The highest BCUT2D eigenvalue weighted by atomic mass is 35.5. The second-order valence-corrected chi connectivity index (χ2v) is 7.32. The lowest BCUT2D eigenvalue weighted by Gasteiger charge is -2.29. The summed E-state index contributed by atoms with van der Waals surface area (Å²) in [6, 6.07) is 9.97. The van der Waals surface area contributed by atoms with E-state index in [0.717, 1.165) is 12.1 Å². The molecule has 0 saturated heterocycles. The molecule has 0 bridgehead atoms. The van der Waals surface area contributed by atoms with E-state index in [1.165, 1.54) is 36.9 Å². The van der Waals surface area contributed by atoms with Gasteiger partial charge in [-0.25, -0.2) is 9.98 Å². The van der Waals surface area contributed by atoms with Crippen molar-refractivity contribution in [1.29, 1.82) is 5.26 Å². The number of nitrogens with zero attached hydrogens (tertiary/aromatic N) is 4. The van der Waals surface area contributed by atoms with Crippen LogP contribution in [0.4, 0.5) is 18.9 Å². The van der Waals surface area contributed by atoms with E-state index in [9.17, 15) is 18.4 Å². The lowest BCUT2D eigenvalue weighted by Crippen LogP contribution is -2.42. The predicted octanol–water partition coefficient (Wildman–Crippen LogP) is 5.35. The number of benzene rings is 2. The molecule has 1 aliphatic rings. The molecule has 160 valence electrons. The number of oxime groups is 1. The number of aliphatic imine (C=N–C) groups is 2. The van der Waals surface area contributed by atoms with E-state index in [-0.39, 0.29) is 26.9 Å². The van der Waals surface area contributed by atoms with Crippen LogP contribution in [0.1, 0.15) is 23.1 Å². The van der Waals surface area contributed by atoms with Crippen molar-refractivity contribution in [2.24, 2.45) is 15.1 Å². The molecule has 0 spiro atoms. The fourth-order valence-electron chi connectivity index (χ4n) is 2.97. The van der Waals surface area contributed by atoms with E-state index in [0.29, 0.717) is 11.3 Å². The molecule has 0 aromatic heterocycles. The lowest BCUT2D eigenvalue weighted by atomic mass is 9.86. The van der Waals surface area contributed by atoms with Gasteiger partial charge >= 0.3 is 6.18 Å². The van der Waals surface area contributed by atoms with Crippen LogP contribution in [0, 0.1) is 11.3 Å². The maximum Gasteiger partial charge on any atom is 0.435 e. The fraction of sp³-hybridized carbons (Fsp3) is 0.200. The zero-order valence-corrected chi connectivity index (χ0v) is 17.4. The van der Waals surface area contributed by atoms with E-state index in [1.54, 1.807) is 7.05 Å². The molecule has 1 N–H and O–H groups in total. The van der Waals surface area contributed by atoms with E-state index in [4.69, 9.17) is 28.0 Å². The van der Waals surface area contributed by atoms with E-state index < -0.39 is 18.2 Å². The first kappa shape index (κ1) is 22.6. The van der Waals surface area contributed by atoms with Gasteiger partial charge in [-0.15, -0.1) is 0 Å². The van der Waals surface area contributed by atoms with Gasteiger partial charge in [0.05, 0.1) is 23.3 Å². The molecule has 0 saturated carbocycles. The second kappa shape index (κ2) is 8.96. The standard InChI is InChI=1S/C20H14Cl2F3N5O/c1-27-10-28-11-29-17-3-2-12(4-13(17)9-26)18-8-19(31-30-18,20(23,24)25)14-5-15(21)7-16(22)6-14/h2-7,10-11H,8H2,1H3,(H,27,28,29). The van der Waals surface area contributed by atoms with Crippen LogP contribution in [-0.4, -0.2) is 31.6 Å². The molecule has 31 heavy (non-hydrogen) atoms. The number of hydrogen-bond donors (Lipinski definition) is 1. The minimum absolute atomic E-state index is 0.0219. The van der Waals surface area contributed by atoms with Crippen LogP contribution in [0.15, 0.2) is 51.5 Å². The minimum Gasteiger partial charge on any atom is -0.379 e. The Balaban J connectivity index is 1.96. The molecule has 6 nitrogen and oxygen atoms in total. The van der Waals surface area contributed by atoms with Crippen molar-refractivity contribution in [3.63, 3.8) is 0 Å². The Bertz CT molecular complexity index is 1100. The van der Waals surface area contributed by atoms with Crippen molar-refractivity contribution >= 4 is 47.3 Å². The van der Waals surface area contributed by atoms with Gasteiger partial charge in [0.15, 0.2) is 0 Å². The SMILES string of the molecule is CN/C=N\C=N\c1ccc(C2=NOC(c3cc(Cl)cc(Cl)c3)(C(F)(F)F)C2)cc1C#N. The van der Waals surface area contributed by atoms with Crippen molar-refractivity contribution in [3.05, 3.63) is 63.1 Å². The highest BCUT2D eigenvalue weighted by Gasteiger charge is 2.62. The number of hydrogen-bond acceptors (Lipinski definition) is 4. The van der Waals surface area contributed by atoms with Crippen molar-refractivity contribution in [3.8, 4) is 6.07 Å². The van der Waals surface area contributed by atoms with Crippen LogP contribution in [0.2, 0.25) is 10.0 Å². The summed E-state index contributed by atoms with van der Waals surface area (Å²) in [5.41, 5.74) is -2.24. The van der Waals surface area contributed by atoms with E-state index in [2.05, 4.69) is 20.5 Å². The van der Waals surface area contributed by atoms with Crippen LogP contribution in [0.5, 0.6) is 0 Å². The highest BCUT2D eigenvalue weighted by molar-refractivity contribution is 6.34. The number of rotatable bonds is 5. The van der Waals surface area contributed by atoms with E-state index in [1.807, 2.05) is 6.07 Å². The summed E-state index contributed by atoms with van der Waals surface area (Å²) in [7, 11) is 1.66. The molecule has 1 heterocycles. The predicted molar refractivity (Wildman–Crippen MR) is 113 cm³/mol. The molecule has 2 aromatic carbocycles. The third kappa shape index (κ3) is 4.65. The van der Waals surface area contributed by atoms with Crippen LogP contribution >= 0.6 is 23.2 Å². The van der Waals surface area contributed by atoms with Crippen LogP contribution in [0.25, 0.3) is 0 Å². The van der Waals surface area contributed by atoms with Crippen LogP contribution in [-0.2, 0) is 10.4 Å². The van der Waals surface area contributed by atoms with Gasteiger partial charge in [-0.1, -0.05) is 34.4 Å². The minimum atomic E-state index is -4.81. The molecule has 0 amide bonds. The Kier molecular flexibility index (Phi) is 6.53. The fourth-order valence-corrected chi connectivity index (χ4v) is 3.49. The number of alkyl halides is 3. The van der Waals surface area contributed by atoms with Gasteiger partial charge in [0.25, 0.3) is 5.60 Å². The number of nitriles is 1. The molecule has 3 rings (SSSR count). The number of nitrogens with one attached hydrogen (secondary N) is 1. The molecule has 1 atom stereocenters. The summed E-state index contributed by atoms with van der Waals surface area (Å²) >= 11 is 11.8. The number of halogens is 5. The first-order valence-electron chi connectivity index (χ1n) is 8.74. The topological polar surface area (TPSA) is 82.1 Å². The maximum atomic E-state index is 14.1. The Hall–Kier alpha value is -3.09. The van der Waals surface area contributed by atoms with Crippen LogP contribution < -0.4 is 5.32 Å². The summed E-state index contributed by atoms with van der Waals surface area (Å²) in [4.78, 5) is 12.8. The highest BCUT2D eigenvalue weighted by Crippen LogP contribution is 2.49. The van der Waals surface area contributed by atoms with Gasteiger partial charge in [-0.3, -0.25) is 0 Å². The smallest absolute Gasteiger partial charge is 0.379 e. The van der Waals surface area contributed by atoms with Gasteiger partial charge < -0.3 is 10.2 Å². The molecular formula is C20H14Cl2F3N5O. The van der Waals surface area contributed by atoms with Gasteiger partial charge in [-0.05, 0) is 30.3 Å². The monoisotopic (exact) mass is 467 g/mol. The first-order chi connectivity index (χ1) is 14.7. The molecular weight excluding hydrogens is 454 g/mol. The van der Waals surface area contributed by atoms with Crippen molar-refractivity contribution in [2.45, 2.75) is 18.2 Å². The molecule has 0 fully saturated rings. The normalized spacial score (nSPS) is 18.8. The summed E-state index contributed by atoms with van der Waals surface area (Å²) in [6.07, 6.45) is -2.79. The summed E-state index contributed by atoms with van der Waals surface area (Å²) < 4.78 is 42.3. The van der Waals surface area contributed by atoms with Crippen molar-refractivity contribution < 1.29 is 18.0 Å². The van der Waals surface area contributed by atoms with Crippen molar-refractivity contribution in [1.82, 2.24) is 5.32 Å². The Morgan fingerprint density at radius 3 is 2.55 bits per heavy atom.